The van der Waals surface area contributed by atoms with E-state index in [0.29, 0.717) is 19.6 Å². The van der Waals surface area contributed by atoms with E-state index >= 15 is 0 Å². The third-order valence-corrected chi connectivity index (χ3v) is 7.20. The van der Waals surface area contributed by atoms with Crippen molar-refractivity contribution in [2.45, 2.75) is 31.7 Å². The molecule has 1 atom stereocenters. The Morgan fingerprint density at radius 1 is 1.10 bits per heavy atom. The number of benzene rings is 2. The summed E-state index contributed by atoms with van der Waals surface area (Å²) >= 11 is 0. The van der Waals surface area contributed by atoms with Crippen molar-refractivity contribution in [2.75, 3.05) is 38.7 Å². The van der Waals surface area contributed by atoms with Crippen LogP contribution in [0.1, 0.15) is 31.1 Å². The van der Waals surface area contributed by atoms with Crippen LogP contribution in [0.5, 0.6) is 5.75 Å². The fraction of sp³-hybridized carbons (Fsp3) is 0.409. The minimum Gasteiger partial charge on any atom is -0.495 e. The van der Waals surface area contributed by atoms with Crippen LogP contribution in [0.3, 0.4) is 0 Å². The third kappa shape index (κ3) is 5.31. The van der Waals surface area contributed by atoms with Crippen molar-refractivity contribution >= 4 is 21.6 Å². The molecule has 1 unspecified atom stereocenters. The number of rotatable bonds is 10. The monoisotopic (exact) mass is 433 g/mol. The molecule has 0 aliphatic carbocycles. The normalized spacial score (nSPS) is 12.5. The Morgan fingerprint density at radius 3 is 2.30 bits per heavy atom. The van der Waals surface area contributed by atoms with Crippen LogP contribution in [0.15, 0.2) is 53.4 Å². The average Bonchev–Trinajstić information content (AvgIpc) is 2.77. The molecule has 2 aromatic carbocycles. The lowest BCUT2D eigenvalue weighted by Gasteiger charge is -2.27. The maximum Gasteiger partial charge on any atom is 0.251 e. The van der Waals surface area contributed by atoms with Gasteiger partial charge in [-0.15, -0.1) is 0 Å². The van der Waals surface area contributed by atoms with E-state index < -0.39 is 10.0 Å². The smallest absolute Gasteiger partial charge is 0.251 e. The van der Waals surface area contributed by atoms with Gasteiger partial charge in [-0.25, -0.2) is 8.42 Å². The predicted octanol–water partition coefficient (Wildman–Crippen LogP) is 2.98. The quantitative estimate of drug-likeness (QED) is 0.623. The van der Waals surface area contributed by atoms with Gasteiger partial charge in [-0.1, -0.05) is 32.0 Å². The first kappa shape index (κ1) is 23.7. The van der Waals surface area contributed by atoms with Gasteiger partial charge < -0.3 is 15.0 Å². The summed E-state index contributed by atoms with van der Waals surface area (Å²) in [6.45, 7) is 6.64. The number of carbonyl (C=O) groups is 1. The molecular weight excluding hydrogens is 402 g/mol. The van der Waals surface area contributed by atoms with Gasteiger partial charge in [0.25, 0.3) is 5.91 Å². The lowest BCUT2D eigenvalue weighted by Crippen LogP contribution is -2.40. The number of hydrogen-bond donors (Lipinski definition) is 1. The summed E-state index contributed by atoms with van der Waals surface area (Å²) in [7, 11) is -0.380. The summed E-state index contributed by atoms with van der Waals surface area (Å²) in [5.74, 6) is -0.113. The molecule has 0 radical (unpaired) electrons. The van der Waals surface area contributed by atoms with Crippen molar-refractivity contribution in [1.82, 2.24) is 9.62 Å². The topological polar surface area (TPSA) is 79.0 Å². The summed E-state index contributed by atoms with van der Waals surface area (Å²) in [4.78, 5) is 14.8. The second-order valence-electron chi connectivity index (χ2n) is 6.96. The van der Waals surface area contributed by atoms with Crippen LogP contribution in [-0.4, -0.2) is 58.5 Å². The Hall–Kier alpha value is -2.58. The lowest BCUT2D eigenvalue weighted by atomic mass is 10.2. The number of sulfonamides is 1. The number of likely N-dealkylation sites (N-methyl/N-ethyl adjacent to an activating group) is 1. The van der Waals surface area contributed by atoms with E-state index in [1.807, 2.05) is 44.3 Å². The minimum absolute atomic E-state index is 0.00389. The van der Waals surface area contributed by atoms with E-state index in [4.69, 9.17) is 4.74 Å². The Bertz CT molecular complexity index is 944. The minimum atomic E-state index is -3.76. The van der Waals surface area contributed by atoms with Crippen molar-refractivity contribution in [3.05, 3.63) is 54.1 Å². The van der Waals surface area contributed by atoms with Crippen LogP contribution >= 0.6 is 0 Å². The van der Waals surface area contributed by atoms with E-state index in [2.05, 4.69) is 10.2 Å². The molecule has 0 aliphatic rings. The zero-order valence-electron chi connectivity index (χ0n) is 18.3. The number of carbonyl (C=O) groups excluding carboxylic acids is 1. The van der Waals surface area contributed by atoms with Crippen molar-refractivity contribution in [3.63, 3.8) is 0 Å². The second kappa shape index (κ2) is 10.4. The van der Waals surface area contributed by atoms with Gasteiger partial charge in [0.1, 0.15) is 10.6 Å². The molecule has 0 heterocycles. The number of ether oxygens (including phenoxy) is 1. The van der Waals surface area contributed by atoms with Crippen LogP contribution < -0.4 is 15.0 Å². The van der Waals surface area contributed by atoms with Crippen molar-refractivity contribution in [1.29, 1.82) is 0 Å². The molecule has 1 amide bonds. The van der Waals surface area contributed by atoms with Crippen LogP contribution in [0.25, 0.3) is 0 Å². The molecule has 0 aliphatic heterocycles. The maximum atomic E-state index is 13.0. The fourth-order valence-electron chi connectivity index (χ4n) is 3.12. The predicted molar refractivity (Wildman–Crippen MR) is 120 cm³/mol. The summed E-state index contributed by atoms with van der Waals surface area (Å²) in [5, 5.41) is 2.89. The largest absolute Gasteiger partial charge is 0.495 e. The van der Waals surface area contributed by atoms with Crippen LogP contribution in [0, 0.1) is 0 Å². The summed E-state index contributed by atoms with van der Waals surface area (Å²) in [5.41, 5.74) is 1.33. The highest BCUT2D eigenvalue weighted by Gasteiger charge is 2.27. The molecule has 0 aromatic heterocycles. The molecule has 0 bridgehead atoms. The van der Waals surface area contributed by atoms with Crippen molar-refractivity contribution in [2.24, 2.45) is 0 Å². The second-order valence-corrected chi connectivity index (χ2v) is 8.87. The van der Waals surface area contributed by atoms with E-state index in [-0.39, 0.29) is 28.2 Å². The number of nitrogens with one attached hydrogen (secondary N) is 1. The van der Waals surface area contributed by atoms with E-state index in [1.54, 1.807) is 19.9 Å². The molecule has 2 aromatic rings. The van der Waals surface area contributed by atoms with E-state index in [0.717, 1.165) is 5.69 Å². The standard InChI is InChI=1S/C22H31N3O4S/c1-6-25(7-2)30(27,28)21-15-18(13-14-20(21)29-5)22(26)23-16-17(3)24(4)19-11-9-8-10-12-19/h8-15,17H,6-7,16H2,1-5H3,(H,23,26). The Labute approximate surface area is 179 Å². The molecule has 8 heteroatoms. The third-order valence-electron chi connectivity index (χ3n) is 5.13. The van der Waals surface area contributed by atoms with E-state index in [9.17, 15) is 13.2 Å². The molecule has 30 heavy (non-hydrogen) atoms. The summed E-state index contributed by atoms with van der Waals surface area (Å²) < 4.78 is 32.5. The van der Waals surface area contributed by atoms with Gasteiger partial charge in [0.2, 0.25) is 10.0 Å². The molecular formula is C22H31N3O4S. The van der Waals surface area contributed by atoms with Gasteiger partial charge in [0, 0.05) is 44.0 Å². The highest BCUT2D eigenvalue weighted by atomic mass is 32.2. The number of hydrogen-bond acceptors (Lipinski definition) is 5. The summed E-state index contributed by atoms with van der Waals surface area (Å²) in [6, 6.07) is 14.4. The Morgan fingerprint density at radius 2 is 1.73 bits per heavy atom. The van der Waals surface area contributed by atoms with Gasteiger partial charge in [0.15, 0.2) is 0 Å². The Balaban J connectivity index is 2.18. The van der Waals surface area contributed by atoms with Gasteiger partial charge in [0.05, 0.1) is 7.11 Å². The average molecular weight is 434 g/mol. The van der Waals surface area contributed by atoms with Crippen molar-refractivity contribution in [3.8, 4) is 5.75 Å². The van der Waals surface area contributed by atoms with Crippen LogP contribution in [0.2, 0.25) is 0 Å². The van der Waals surface area contributed by atoms with Crippen molar-refractivity contribution < 1.29 is 17.9 Å². The van der Waals surface area contributed by atoms with Gasteiger partial charge in [-0.2, -0.15) is 4.31 Å². The molecule has 0 saturated heterocycles. The number of anilines is 1. The van der Waals surface area contributed by atoms with Gasteiger partial charge in [-0.05, 0) is 37.3 Å². The summed E-state index contributed by atoms with van der Waals surface area (Å²) in [6.07, 6.45) is 0. The van der Waals surface area contributed by atoms with Crippen LogP contribution in [-0.2, 0) is 10.0 Å². The first-order valence-corrected chi connectivity index (χ1v) is 11.4. The highest BCUT2D eigenvalue weighted by Crippen LogP contribution is 2.28. The molecule has 0 saturated carbocycles. The highest BCUT2D eigenvalue weighted by molar-refractivity contribution is 7.89. The maximum absolute atomic E-state index is 13.0. The molecule has 0 spiro atoms. The van der Waals surface area contributed by atoms with E-state index in [1.165, 1.54) is 23.5 Å². The zero-order chi connectivity index (χ0) is 22.3. The molecule has 0 fully saturated rings. The first-order chi connectivity index (χ1) is 14.3. The number of amides is 1. The first-order valence-electron chi connectivity index (χ1n) is 10.0. The number of nitrogens with zero attached hydrogens (tertiary/aromatic N) is 2. The van der Waals surface area contributed by atoms with Gasteiger partial charge in [-0.3, -0.25) is 4.79 Å². The molecule has 2 rings (SSSR count). The zero-order valence-corrected chi connectivity index (χ0v) is 19.1. The van der Waals surface area contributed by atoms with Crippen LogP contribution in [0.4, 0.5) is 5.69 Å². The number of para-hydroxylation sites is 1. The fourth-order valence-corrected chi connectivity index (χ4v) is 4.76. The lowest BCUT2D eigenvalue weighted by molar-refractivity contribution is 0.0951. The molecule has 164 valence electrons. The number of methoxy groups -OCH3 is 1. The molecule has 1 N–H and O–H groups in total. The van der Waals surface area contributed by atoms with Gasteiger partial charge >= 0.3 is 0 Å². The molecule has 7 nitrogen and oxygen atoms in total. The SMILES string of the molecule is CCN(CC)S(=O)(=O)c1cc(C(=O)NCC(C)N(C)c2ccccc2)ccc1OC. The Kier molecular flexibility index (Phi) is 8.25.